The highest BCUT2D eigenvalue weighted by atomic mass is 35.5. The number of hydrogen-bond acceptors (Lipinski definition) is 2. The molecule has 0 aliphatic rings. The van der Waals surface area contributed by atoms with Crippen molar-refractivity contribution in [1.82, 2.24) is 0 Å². The van der Waals surface area contributed by atoms with E-state index < -0.39 is 0 Å². The molecular formula is C13H8ClFN2. The van der Waals surface area contributed by atoms with Crippen LogP contribution in [0.2, 0.25) is 5.02 Å². The number of nitriles is 1. The van der Waals surface area contributed by atoms with Gasteiger partial charge in [-0.3, -0.25) is 0 Å². The Labute approximate surface area is 103 Å². The molecule has 0 fully saturated rings. The minimum atomic E-state index is -0.345. The lowest BCUT2D eigenvalue weighted by molar-refractivity contribution is 0.628. The van der Waals surface area contributed by atoms with E-state index in [0.717, 1.165) is 0 Å². The van der Waals surface area contributed by atoms with E-state index in [9.17, 15) is 4.39 Å². The number of anilines is 1. The summed E-state index contributed by atoms with van der Waals surface area (Å²) in [5.41, 5.74) is 7.78. The topological polar surface area (TPSA) is 49.8 Å². The number of hydrogen-bond donors (Lipinski definition) is 1. The third kappa shape index (κ3) is 2.22. The van der Waals surface area contributed by atoms with Crippen LogP contribution in [0, 0.1) is 17.1 Å². The van der Waals surface area contributed by atoms with Crippen LogP contribution in [0.3, 0.4) is 0 Å². The Morgan fingerprint density at radius 1 is 1.24 bits per heavy atom. The number of benzene rings is 2. The van der Waals surface area contributed by atoms with Gasteiger partial charge in [0.2, 0.25) is 0 Å². The van der Waals surface area contributed by atoms with Crippen molar-refractivity contribution in [3.05, 3.63) is 52.8 Å². The molecule has 0 unspecified atom stereocenters. The van der Waals surface area contributed by atoms with E-state index in [0.29, 0.717) is 27.4 Å². The number of nitrogen functional groups attached to an aromatic ring is 1. The van der Waals surface area contributed by atoms with Gasteiger partial charge in [0.05, 0.1) is 10.6 Å². The minimum absolute atomic E-state index is 0.306. The predicted octanol–water partition coefficient (Wildman–Crippen LogP) is 3.60. The Kier molecular flexibility index (Phi) is 2.99. The Balaban J connectivity index is 2.61. The number of nitrogens with zero attached hydrogens (tertiary/aromatic N) is 1. The van der Waals surface area contributed by atoms with Crippen molar-refractivity contribution in [1.29, 1.82) is 5.26 Å². The van der Waals surface area contributed by atoms with Crippen molar-refractivity contribution in [3.8, 4) is 17.2 Å². The molecule has 2 aromatic rings. The SMILES string of the molecule is N#Cc1cc(N)c(-c2cccc(F)c2)cc1Cl. The molecule has 0 atom stereocenters. The molecule has 0 aliphatic heterocycles. The van der Waals surface area contributed by atoms with E-state index >= 15 is 0 Å². The predicted molar refractivity (Wildman–Crippen MR) is 66.0 cm³/mol. The van der Waals surface area contributed by atoms with Crippen LogP contribution >= 0.6 is 11.6 Å². The standard InChI is InChI=1S/C13H8ClFN2/c14-12-6-11(13(17)5-9(12)7-16)8-2-1-3-10(15)4-8/h1-6H,17H2. The minimum Gasteiger partial charge on any atom is -0.398 e. The first-order valence-corrected chi connectivity index (χ1v) is 5.24. The molecule has 0 aromatic heterocycles. The number of nitrogens with two attached hydrogens (primary N) is 1. The zero-order chi connectivity index (χ0) is 12.4. The van der Waals surface area contributed by atoms with E-state index in [4.69, 9.17) is 22.6 Å². The summed E-state index contributed by atoms with van der Waals surface area (Å²) in [5.74, 6) is -0.345. The maximum absolute atomic E-state index is 13.1. The molecule has 0 saturated heterocycles. The van der Waals surface area contributed by atoms with E-state index in [2.05, 4.69) is 0 Å². The molecular weight excluding hydrogens is 239 g/mol. The van der Waals surface area contributed by atoms with Crippen LogP contribution in [-0.4, -0.2) is 0 Å². The fourth-order valence-corrected chi connectivity index (χ4v) is 1.79. The third-order valence-corrected chi connectivity index (χ3v) is 2.71. The van der Waals surface area contributed by atoms with Gasteiger partial charge in [-0.1, -0.05) is 23.7 Å². The zero-order valence-electron chi connectivity index (χ0n) is 8.74. The normalized spacial score (nSPS) is 9.94. The lowest BCUT2D eigenvalue weighted by atomic mass is 10.0. The fraction of sp³-hybridized carbons (Fsp3) is 0. The van der Waals surface area contributed by atoms with Gasteiger partial charge in [0.15, 0.2) is 0 Å². The molecule has 17 heavy (non-hydrogen) atoms. The van der Waals surface area contributed by atoms with Gasteiger partial charge in [-0.15, -0.1) is 0 Å². The summed E-state index contributed by atoms with van der Waals surface area (Å²) in [7, 11) is 0. The zero-order valence-corrected chi connectivity index (χ0v) is 9.50. The molecule has 0 amide bonds. The molecule has 2 nitrogen and oxygen atoms in total. The average molecular weight is 247 g/mol. The first kappa shape index (κ1) is 11.4. The quantitative estimate of drug-likeness (QED) is 0.782. The van der Waals surface area contributed by atoms with Crippen LogP contribution in [0.1, 0.15) is 5.56 Å². The fourth-order valence-electron chi connectivity index (χ4n) is 1.58. The summed E-state index contributed by atoms with van der Waals surface area (Å²) >= 11 is 5.92. The number of halogens is 2. The molecule has 0 radical (unpaired) electrons. The highest BCUT2D eigenvalue weighted by Gasteiger charge is 2.08. The monoisotopic (exact) mass is 246 g/mol. The van der Waals surface area contributed by atoms with Gasteiger partial charge in [-0.2, -0.15) is 5.26 Å². The maximum Gasteiger partial charge on any atom is 0.123 e. The van der Waals surface area contributed by atoms with Gasteiger partial charge in [-0.05, 0) is 29.8 Å². The molecule has 2 N–H and O–H groups in total. The molecule has 0 heterocycles. The van der Waals surface area contributed by atoms with E-state index in [1.165, 1.54) is 18.2 Å². The summed E-state index contributed by atoms with van der Waals surface area (Å²) in [6, 6.07) is 11.1. The van der Waals surface area contributed by atoms with Crippen molar-refractivity contribution < 1.29 is 4.39 Å². The molecule has 84 valence electrons. The van der Waals surface area contributed by atoms with Gasteiger partial charge in [0.1, 0.15) is 11.9 Å². The molecule has 2 rings (SSSR count). The Morgan fingerprint density at radius 2 is 2.00 bits per heavy atom. The Hall–Kier alpha value is -2.05. The second-order valence-corrected chi connectivity index (χ2v) is 3.95. The lowest BCUT2D eigenvalue weighted by Crippen LogP contribution is -1.92. The molecule has 0 bridgehead atoms. The number of rotatable bonds is 1. The maximum atomic E-state index is 13.1. The van der Waals surface area contributed by atoms with Crippen molar-refractivity contribution in [3.63, 3.8) is 0 Å². The third-order valence-electron chi connectivity index (χ3n) is 2.40. The van der Waals surface area contributed by atoms with Gasteiger partial charge in [0, 0.05) is 11.3 Å². The average Bonchev–Trinajstić information content (AvgIpc) is 2.31. The molecule has 0 aliphatic carbocycles. The van der Waals surface area contributed by atoms with Gasteiger partial charge >= 0.3 is 0 Å². The van der Waals surface area contributed by atoms with Crippen LogP contribution in [0.25, 0.3) is 11.1 Å². The van der Waals surface area contributed by atoms with Crippen LogP contribution in [0.5, 0.6) is 0 Å². The summed E-state index contributed by atoms with van der Waals surface area (Å²) in [4.78, 5) is 0. The van der Waals surface area contributed by atoms with Crippen molar-refractivity contribution in [2.45, 2.75) is 0 Å². The summed E-state index contributed by atoms with van der Waals surface area (Å²) in [6.45, 7) is 0. The van der Waals surface area contributed by atoms with E-state index in [1.54, 1.807) is 18.2 Å². The molecule has 4 heteroatoms. The highest BCUT2D eigenvalue weighted by Crippen LogP contribution is 2.31. The first-order valence-electron chi connectivity index (χ1n) is 4.87. The second kappa shape index (κ2) is 4.44. The largest absolute Gasteiger partial charge is 0.398 e. The van der Waals surface area contributed by atoms with E-state index in [-0.39, 0.29) is 5.82 Å². The molecule has 2 aromatic carbocycles. The first-order chi connectivity index (χ1) is 8.11. The van der Waals surface area contributed by atoms with Crippen LogP contribution in [0.15, 0.2) is 36.4 Å². The second-order valence-electron chi connectivity index (χ2n) is 3.54. The van der Waals surface area contributed by atoms with Crippen LogP contribution in [-0.2, 0) is 0 Å². The van der Waals surface area contributed by atoms with Crippen LogP contribution in [0.4, 0.5) is 10.1 Å². The Morgan fingerprint density at radius 3 is 2.65 bits per heavy atom. The van der Waals surface area contributed by atoms with Crippen molar-refractivity contribution in [2.24, 2.45) is 0 Å². The van der Waals surface area contributed by atoms with E-state index in [1.807, 2.05) is 6.07 Å². The molecule has 0 saturated carbocycles. The Bertz CT molecular complexity index is 617. The highest BCUT2D eigenvalue weighted by molar-refractivity contribution is 6.32. The lowest BCUT2D eigenvalue weighted by Gasteiger charge is -2.07. The van der Waals surface area contributed by atoms with Gasteiger partial charge in [-0.25, -0.2) is 4.39 Å². The summed E-state index contributed by atoms with van der Waals surface area (Å²) < 4.78 is 13.1. The van der Waals surface area contributed by atoms with Gasteiger partial charge in [0.25, 0.3) is 0 Å². The summed E-state index contributed by atoms with van der Waals surface area (Å²) in [5, 5.41) is 9.10. The smallest absolute Gasteiger partial charge is 0.123 e. The molecule has 0 spiro atoms. The van der Waals surface area contributed by atoms with Crippen molar-refractivity contribution in [2.75, 3.05) is 5.73 Å². The van der Waals surface area contributed by atoms with Crippen LogP contribution < -0.4 is 5.73 Å². The van der Waals surface area contributed by atoms with Gasteiger partial charge < -0.3 is 5.73 Å². The van der Waals surface area contributed by atoms with Crippen molar-refractivity contribution >= 4 is 17.3 Å². The summed E-state index contributed by atoms with van der Waals surface area (Å²) in [6.07, 6.45) is 0.